The third-order valence-electron chi connectivity index (χ3n) is 2.95. The first-order chi connectivity index (χ1) is 11.5. The molecule has 2 rings (SSSR count). The molecular formula is C14H14F3N3O4S. The van der Waals surface area contributed by atoms with Crippen LogP contribution in [0.5, 0.6) is 0 Å². The average molecular weight is 377 g/mol. The first kappa shape index (κ1) is 18.8. The van der Waals surface area contributed by atoms with Gasteiger partial charge in [0.05, 0.1) is 24.7 Å². The lowest BCUT2D eigenvalue weighted by molar-refractivity contribution is -0.143. The molecule has 0 aliphatic rings. The van der Waals surface area contributed by atoms with Crippen molar-refractivity contribution >= 4 is 21.7 Å². The van der Waals surface area contributed by atoms with Crippen LogP contribution < -0.4 is 4.72 Å². The quantitative estimate of drug-likeness (QED) is 0.809. The van der Waals surface area contributed by atoms with Crippen molar-refractivity contribution in [3.05, 3.63) is 41.7 Å². The molecule has 0 amide bonds. The van der Waals surface area contributed by atoms with Gasteiger partial charge in [0.25, 0.3) is 0 Å². The number of nitrogens with zero attached hydrogens (tertiary/aromatic N) is 2. The second-order valence-electron chi connectivity index (χ2n) is 4.96. The van der Waals surface area contributed by atoms with Gasteiger partial charge in [-0.25, -0.2) is 17.9 Å². The Balaban J connectivity index is 2.47. The summed E-state index contributed by atoms with van der Waals surface area (Å²) in [7, 11) is -3.51. The van der Waals surface area contributed by atoms with E-state index in [0.29, 0.717) is 4.68 Å². The van der Waals surface area contributed by atoms with Gasteiger partial charge in [0.2, 0.25) is 10.0 Å². The van der Waals surface area contributed by atoms with Crippen LogP contribution in [0.2, 0.25) is 0 Å². The van der Waals surface area contributed by atoms with E-state index in [4.69, 9.17) is 0 Å². The summed E-state index contributed by atoms with van der Waals surface area (Å²) in [4.78, 5) is 11.7. The fourth-order valence-electron chi connectivity index (χ4n) is 2.06. The lowest BCUT2D eigenvalue weighted by Gasteiger charge is -2.13. The molecule has 1 aromatic heterocycles. The zero-order chi connectivity index (χ0) is 18.8. The molecular weight excluding hydrogens is 363 g/mol. The number of esters is 1. The van der Waals surface area contributed by atoms with Crippen molar-refractivity contribution in [3.63, 3.8) is 0 Å². The lowest BCUT2D eigenvalue weighted by Crippen LogP contribution is -2.18. The van der Waals surface area contributed by atoms with Crippen LogP contribution in [0.25, 0.3) is 5.69 Å². The monoisotopic (exact) mass is 377 g/mol. The maximum Gasteiger partial charge on any atom is 0.434 e. The zero-order valence-electron chi connectivity index (χ0n) is 13.2. The number of aromatic nitrogens is 2. The van der Waals surface area contributed by atoms with E-state index in [1.54, 1.807) is 0 Å². The van der Waals surface area contributed by atoms with E-state index in [2.05, 4.69) is 14.6 Å². The number of alkyl halides is 3. The summed E-state index contributed by atoms with van der Waals surface area (Å²) < 4.78 is 69.8. The van der Waals surface area contributed by atoms with E-state index < -0.39 is 33.4 Å². The predicted octanol–water partition coefficient (Wildman–Crippen LogP) is 2.44. The number of benzene rings is 1. The molecule has 0 bridgehead atoms. The standard InChI is InChI=1S/C14H14F3N3O4S/c1-3-24-13(21)11-8-18-20(12(11)14(15,16)17)10-6-4-9(5-7-10)19-25(2,22)23/h4-8,19H,3H2,1-2H3. The van der Waals surface area contributed by atoms with Crippen LogP contribution in [-0.2, 0) is 20.9 Å². The van der Waals surface area contributed by atoms with Gasteiger partial charge in [0, 0.05) is 5.69 Å². The number of anilines is 1. The summed E-state index contributed by atoms with van der Waals surface area (Å²) in [6, 6.07) is 5.04. The van der Waals surface area contributed by atoms with Gasteiger partial charge in [0.15, 0.2) is 5.69 Å². The molecule has 0 saturated carbocycles. The molecule has 0 spiro atoms. The van der Waals surface area contributed by atoms with Crippen LogP contribution in [0.1, 0.15) is 23.0 Å². The molecule has 25 heavy (non-hydrogen) atoms. The van der Waals surface area contributed by atoms with Crippen molar-refractivity contribution in [2.75, 3.05) is 17.6 Å². The third kappa shape index (κ3) is 4.50. The smallest absolute Gasteiger partial charge is 0.434 e. The van der Waals surface area contributed by atoms with Crippen LogP contribution in [0.3, 0.4) is 0 Å². The van der Waals surface area contributed by atoms with Crippen LogP contribution in [0.4, 0.5) is 18.9 Å². The summed E-state index contributed by atoms with van der Waals surface area (Å²) in [6.07, 6.45) is -3.12. The highest BCUT2D eigenvalue weighted by atomic mass is 32.2. The van der Waals surface area contributed by atoms with Crippen LogP contribution in [0, 0.1) is 0 Å². The Labute approximate surface area is 141 Å². The van der Waals surface area contributed by atoms with E-state index in [0.717, 1.165) is 12.5 Å². The van der Waals surface area contributed by atoms with Gasteiger partial charge in [-0.05, 0) is 31.2 Å². The topological polar surface area (TPSA) is 90.3 Å². The largest absolute Gasteiger partial charge is 0.462 e. The normalized spacial score (nSPS) is 12.0. The van der Waals surface area contributed by atoms with E-state index >= 15 is 0 Å². The van der Waals surface area contributed by atoms with Gasteiger partial charge in [-0.1, -0.05) is 0 Å². The Morgan fingerprint density at radius 3 is 2.36 bits per heavy atom. The molecule has 0 aliphatic heterocycles. The number of carbonyl (C=O) groups is 1. The summed E-state index contributed by atoms with van der Waals surface area (Å²) >= 11 is 0. The Bertz CT molecular complexity index is 874. The molecule has 0 saturated heterocycles. The van der Waals surface area contributed by atoms with E-state index in [9.17, 15) is 26.4 Å². The van der Waals surface area contributed by atoms with Crippen molar-refractivity contribution in [2.45, 2.75) is 13.1 Å². The molecule has 11 heteroatoms. The second-order valence-corrected chi connectivity index (χ2v) is 6.71. The number of ether oxygens (including phenoxy) is 1. The molecule has 1 N–H and O–H groups in total. The molecule has 0 atom stereocenters. The molecule has 2 aromatic rings. The fourth-order valence-corrected chi connectivity index (χ4v) is 2.62. The Hall–Kier alpha value is -2.56. The number of hydrogen-bond acceptors (Lipinski definition) is 5. The third-order valence-corrected chi connectivity index (χ3v) is 3.55. The highest BCUT2D eigenvalue weighted by Crippen LogP contribution is 2.34. The number of rotatable bonds is 5. The maximum absolute atomic E-state index is 13.4. The van der Waals surface area contributed by atoms with Gasteiger partial charge < -0.3 is 4.74 Å². The van der Waals surface area contributed by atoms with Crippen LogP contribution in [0.15, 0.2) is 30.5 Å². The van der Waals surface area contributed by atoms with E-state index in [1.807, 2.05) is 0 Å². The summed E-state index contributed by atoms with van der Waals surface area (Å²) in [5.41, 5.74) is -1.79. The Kier molecular flexibility index (Phi) is 5.07. The molecule has 7 nitrogen and oxygen atoms in total. The summed E-state index contributed by atoms with van der Waals surface area (Å²) in [6.45, 7) is 1.40. The Morgan fingerprint density at radius 1 is 1.28 bits per heavy atom. The number of halogens is 3. The van der Waals surface area contributed by atoms with Gasteiger partial charge in [-0.2, -0.15) is 18.3 Å². The van der Waals surface area contributed by atoms with E-state index in [1.165, 1.54) is 31.2 Å². The Morgan fingerprint density at radius 2 is 1.88 bits per heavy atom. The minimum absolute atomic E-state index is 0.00178. The molecule has 0 radical (unpaired) electrons. The fraction of sp³-hybridized carbons (Fsp3) is 0.286. The van der Waals surface area contributed by atoms with Crippen molar-refractivity contribution < 1.29 is 31.1 Å². The molecule has 0 unspecified atom stereocenters. The number of hydrogen-bond donors (Lipinski definition) is 1. The van der Waals surface area contributed by atoms with Crippen molar-refractivity contribution in [1.82, 2.24) is 9.78 Å². The second kappa shape index (κ2) is 6.75. The predicted molar refractivity (Wildman–Crippen MR) is 83.0 cm³/mol. The number of nitrogens with one attached hydrogen (secondary N) is 1. The van der Waals surface area contributed by atoms with Gasteiger partial charge in [-0.15, -0.1) is 0 Å². The minimum Gasteiger partial charge on any atom is -0.462 e. The number of carbonyl (C=O) groups excluding carboxylic acids is 1. The van der Waals surface area contributed by atoms with Crippen molar-refractivity contribution in [2.24, 2.45) is 0 Å². The SMILES string of the molecule is CCOC(=O)c1cnn(-c2ccc(NS(C)(=O)=O)cc2)c1C(F)(F)F. The molecule has 1 aromatic carbocycles. The first-order valence-corrected chi connectivity index (χ1v) is 8.82. The minimum atomic E-state index is -4.84. The van der Waals surface area contributed by atoms with Crippen molar-refractivity contribution in [3.8, 4) is 5.69 Å². The highest BCUT2D eigenvalue weighted by molar-refractivity contribution is 7.92. The van der Waals surface area contributed by atoms with Crippen LogP contribution in [-0.4, -0.2) is 37.0 Å². The van der Waals surface area contributed by atoms with Gasteiger partial charge in [-0.3, -0.25) is 4.72 Å². The van der Waals surface area contributed by atoms with Crippen LogP contribution >= 0.6 is 0 Å². The van der Waals surface area contributed by atoms with Gasteiger partial charge in [0.1, 0.15) is 5.56 Å². The van der Waals surface area contributed by atoms with Gasteiger partial charge >= 0.3 is 12.1 Å². The molecule has 0 fully saturated rings. The van der Waals surface area contributed by atoms with Crippen molar-refractivity contribution in [1.29, 1.82) is 0 Å². The zero-order valence-corrected chi connectivity index (χ0v) is 14.0. The molecule has 136 valence electrons. The molecule has 0 aliphatic carbocycles. The summed E-state index contributed by atoms with van der Waals surface area (Å²) in [5, 5.41) is 3.62. The highest BCUT2D eigenvalue weighted by Gasteiger charge is 2.41. The first-order valence-electron chi connectivity index (χ1n) is 6.93. The summed E-state index contributed by atoms with van der Waals surface area (Å²) in [5.74, 6) is -1.13. The lowest BCUT2D eigenvalue weighted by atomic mass is 10.2. The number of sulfonamides is 1. The molecule has 1 heterocycles. The van der Waals surface area contributed by atoms with E-state index in [-0.39, 0.29) is 18.0 Å². The average Bonchev–Trinajstić information content (AvgIpc) is 2.91. The maximum atomic E-state index is 13.4.